The molecule has 0 amide bonds. The van der Waals surface area contributed by atoms with Gasteiger partial charge in [0, 0.05) is 18.2 Å². The minimum absolute atomic E-state index is 0.0127. The lowest BCUT2D eigenvalue weighted by Gasteiger charge is -2.07. The number of methoxy groups -OCH3 is 1. The van der Waals surface area contributed by atoms with Gasteiger partial charge < -0.3 is 15.5 Å². The molecule has 0 aliphatic heterocycles. The summed E-state index contributed by atoms with van der Waals surface area (Å²) in [5.41, 5.74) is 4.52. The Bertz CT molecular complexity index is 461. The molecule has 0 aromatic carbocycles. The van der Waals surface area contributed by atoms with Gasteiger partial charge >= 0.3 is 11.7 Å². The van der Waals surface area contributed by atoms with E-state index >= 15 is 0 Å². The molecule has 0 fully saturated rings. The monoisotopic (exact) mass is 213 g/mol. The Labute approximate surface area is 84.3 Å². The molecule has 82 valence electrons. The molecule has 0 aliphatic carbocycles. The second kappa shape index (κ2) is 4.56. The minimum Gasteiger partial charge on any atom is -0.468 e. The van der Waals surface area contributed by atoms with Crippen molar-refractivity contribution in [2.45, 2.75) is 12.5 Å². The van der Waals surface area contributed by atoms with E-state index < -0.39 is 23.3 Å². The molecule has 7 nitrogen and oxygen atoms in total. The molecular weight excluding hydrogens is 202 g/mol. The van der Waals surface area contributed by atoms with Gasteiger partial charge in [-0.3, -0.25) is 14.6 Å². The Morgan fingerprint density at radius 3 is 2.80 bits per heavy atom. The van der Waals surface area contributed by atoms with Crippen LogP contribution in [0.3, 0.4) is 0 Å². The number of nitrogens with two attached hydrogens (primary N) is 1. The predicted octanol–water partition coefficient (Wildman–Crippen LogP) is -1.89. The zero-order chi connectivity index (χ0) is 11.4. The quantitative estimate of drug-likeness (QED) is 0.507. The van der Waals surface area contributed by atoms with Gasteiger partial charge in [-0.05, 0) is 0 Å². The number of carbonyl (C=O) groups excluding carboxylic acids is 1. The number of H-pyrrole nitrogens is 2. The number of aromatic amines is 2. The van der Waals surface area contributed by atoms with Crippen LogP contribution < -0.4 is 17.0 Å². The molecule has 7 heteroatoms. The molecule has 1 atom stereocenters. The Balaban J connectivity index is 2.86. The average molecular weight is 213 g/mol. The molecule has 0 saturated heterocycles. The van der Waals surface area contributed by atoms with Crippen LogP contribution in [0.5, 0.6) is 0 Å². The zero-order valence-electron chi connectivity index (χ0n) is 8.07. The average Bonchev–Trinajstić information content (AvgIpc) is 2.20. The topological polar surface area (TPSA) is 118 Å². The van der Waals surface area contributed by atoms with Gasteiger partial charge in [0.25, 0.3) is 5.56 Å². The van der Waals surface area contributed by atoms with E-state index in [4.69, 9.17) is 5.73 Å². The maximum atomic E-state index is 11.2. The molecule has 1 aromatic heterocycles. The highest BCUT2D eigenvalue weighted by atomic mass is 16.5. The lowest BCUT2D eigenvalue weighted by molar-refractivity contribution is -0.142. The van der Waals surface area contributed by atoms with Gasteiger partial charge in [-0.1, -0.05) is 0 Å². The Morgan fingerprint density at radius 2 is 2.27 bits per heavy atom. The number of rotatable bonds is 3. The Hall–Kier alpha value is -1.89. The van der Waals surface area contributed by atoms with Crippen LogP contribution in [0.1, 0.15) is 5.56 Å². The molecule has 4 N–H and O–H groups in total. The van der Waals surface area contributed by atoms with Gasteiger partial charge in [0.15, 0.2) is 0 Å². The number of hydrogen-bond donors (Lipinski definition) is 3. The van der Waals surface area contributed by atoms with E-state index in [1.807, 2.05) is 4.98 Å². The Morgan fingerprint density at radius 1 is 1.60 bits per heavy atom. The summed E-state index contributed by atoms with van der Waals surface area (Å²) in [6.45, 7) is 0. The lowest BCUT2D eigenvalue weighted by Crippen LogP contribution is -2.36. The van der Waals surface area contributed by atoms with Crippen molar-refractivity contribution in [1.82, 2.24) is 9.97 Å². The summed E-state index contributed by atoms with van der Waals surface area (Å²) in [6.07, 6.45) is 1.24. The standard InChI is InChI=1S/C8H11N3O4/c1-15-7(13)5(9)2-4-3-10-8(14)11-6(4)12/h3,5H,2,9H2,1H3,(H2,10,11,12,14). The maximum absolute atomic E-state index is 11.2. The van der Waals surface area contributed by atoms with E-state index in [1.54, 1.807) is 0 Å². The Kier molecular flexibility index (Phi) is 3.40. The van der Waals surface area contributed by atoms with Crippen molar-refractivity contribution < 1.29 is 9.53 Å². The van der Waals surface area contributed by atoms with Crippen molar-refractivity contribution in [3.8, 4) is 0 Å². The minimum atomic E-state index is -0.915. The molecule has 0 bridgehead atoms. The summed E-state index contributed by atoms with van der Waals surface area (Å²) in [4.78, 5) is 37.2. The van der Waals surface area contributed by atoms with Crippen molar-refractivity contribution in [2.24, 2.45) is 5.73 Å². The van der Waals surface area contributed by atoms with E-state index in [9.17, 15) is 14.4 Å². The van der Waals surface area contributed by atoms with Crippen LogP contribution in [-0.4, -0.2) is 29.1 Å². The van der Waals surface area contributed by atoms with Gasteiger partial charge in [-0.15, -0.1) is 0 Å². The highest BCUT2D eigenvalue weighted by molar-refractivity contribution is 5.75. The van der Waals surface area contributed by atoms with Crippen molar-refractivity contribution in [3.05, 3.63) is 32.6 Å². The molecule has 1 aromatic rings. The van der Waals surface area contributed by atoms with E-state index in [-0.39, 0.29) is 12.0 Å². The van der Waals surface area contributed by atoms with E-state index in [0.717, 1.165) is 0 Å². The number of carbonyl (C=O) groups is 1. The van der Waals surface area contributed by atoms with E-state index in [1.165, 1.54) is 13.3 Å². The molecular formula is C8H11N3O4. The zero-order valence-corrected chi connectivity index (χ0v) is 8.07. The van der Waals surface area contributed by atoms with Gasteiger partial charge in [0.1, 0.15) is 6.04 Å². The number of aromatic nitrogens is 2. The largest absolute Gasteiger partial charge is 0.468 e. The fourth-order valence-electron chi connectivity index (χ4n) is 1.06. The molecule has 0 aliphatic rings. The normalized spacial score (nSPS) is 12.1. The third-order valence-corrected chi connectivity index (χ3v) is 1.84. The van der Waals surface area contributed by atoms with E-state index in [0.29, 0.717) is 0 Å². The number of esters is 1. The van der Waals surface area contributed by atoms with Crippen LogP contribution in [0.25, 0.3) is 0 Å². The second-order valence-electron chi connectivity index (χ2n) is 2.93. The first-order valence-corrected chi connectivity index (χ1v) is 4.19. The third kappa shape index (κ3) is 2.78. The van der Waals surface area contributed by atoms with Gasteiger partial charge in [0.2, 0.25) is 0 Å². The maximum Gasteiger partial charge on any atom is 0.325 e. The molecule has 15 heavy (non-hydrogen) atoms. The molecule has 1 heterocycles. The van der Waals surface area contributed by atoms with Crippen LogP contribution in [-0.2, 0) is 16.0 Å². The first-order chi connectivity index (χ1) is 7.04. The van der Waals surface area contributed by atoms with Crippen LogP contribution in [0.15, 0.2) is 15.8 Å². The van der Waals surface area contributed by atoms with Gasteiger partial charge in [0.05, 0.1) is 7.11 Å². The summed E-state index contributed by atoms with van der Waals surface area (Å²) in [7, 11) is 1.21. The molecule has 0 spiro atoms. The van der Waals surface area contributed by atoms with Crippen molar-refractivity contribution in [3.63, 3.8) is 0 Å². The number of nitrogens with one attached hydrogen (secondary N) is 2. The third-order valence-electron chi connectivity index (χ3n) is 1.84. The lowest BCUT2D eigenvalue weighted by atomic mass is 10.1. The van der Waals surface area contributed by atoms with Crippen LogP contribution >= 0.6 is 0 Å². The van der Waals surface area contributed by atoms with Crippen LogP contribution in [0.2, 0.25) is 0 Å². The summed E-state index contributed by atoms with van der Waals surface area (Å²) in [5, 5.41) is 0. The fourth-order valence-corrected chi connectivity index (χ4v) is 1.06. The van der Waals surface area contributed by atoms with Crippen molar-refractivity contribution in [2.75, 3.05) is 7.11 Å². The van der Waals surface area contributed by atoms with Crippen LogP contribution in [0, 0.1) is 0 Å². The summed E-state index contributed by atoms with van der Waals surface area (Å²) in [6, 6.07) is -0.915. The second-order valence-corrected chi connectivity index (χ2v) is 2.93. The highest BCUT2D eigenvalue weighted by Gasteiger charge is 2.15. The van der Waals surface area contributed by atoms with Crippen molar-refractivity contribution >= 4 is 5.97 Å². The van der Waals surface area contributed by atoms with Gasteiger partial charge in [-0.25, -0.2) is 4.79 Å². The molecule has 1 unspecified atom stereocenters. The molecule has 1 rings (SSSR count). The summed E-state index contributed by atoms with van der Waals surface area (Å²) >= 11 is 0. The predicted molar refractivity (Wildman–Crippen MR) is 51.4 cm³/mol. The summed E-state index contributed by atoms with van der Waals surface area (Å²) < 4.78 is 4.40. The molecule has 0 saturated carbocycles. The summed E-state index contributed by atoms with van der Waals surface area (Å²) in [5.74, 6) is -0.611. The van der Waals surface area contributed by atoms with Crippen LogP contribution in [0.4, 0.5) is 0 Å². The smallest absolute Gasteiger partial charge is 0.325 e. The number of ether oxygens (including phenoxy) is 1. The van der Waals surface area contributed by atoms with Crippen molar-refractivity contribution in [1.29, 1.82) is 0 Å². The SMILES string of the molecule is COC(=O)C(N)Cc1c[nH]c(=O)[nH]c1=O. The molecule has 0 radical (unpaired) electrons. The van der Waals surface area contributed by atoms with E-state index in [2.05, 4.69) is 9.72 Å². The first kappa shape index (κ1) is 11.2. The highest BCUT2D eigenvalue weighted by Crippen LogP contribution is 1.94. The van der Waals surface area contributed by atoms with Gasteiger partial charge in [-0.2, -0.15) is 0 Å². The first-order valence-electron chi connectivity index (χ1n) is 4.19. The fraction of sp³-hybridized carbons (Fsp3) is 0.375. The number of hydrogen-bond acceptors (Lipinski definition) is 5.